The summed E-state index contributed by atoms with van der Waals surface area (Å²) in [5.74, 6) is 1.02. The van der Waals surface area contributed by atoms with E-state index in [-0.39, 0.29) is 0 Å². The second-order valence-corrected chi connectivity index (χ2v) is 2.68. The Morgan fingerprint density at radius 1 is 1.55 bits per heavy atom. The highest BCUT2D eigenvalue weighted by Gasteiger charge is 2.03. The Bertz CT molecular complexity index is 235. The highest BCUT2D eigenvalue weighted by Crippen LogP contribution is 2.15. The summed E-state index contributed by atoms with van der Waals surface area (Å²) in [4.78, 5) is 7.94. The third kappa shape index (κ3) is 1.90. The number of rotatable bonds is 2. The summed E-state index contributed by atoms with van der Waals surface area (Å²) in [6.07, 6.45) is 2.59. The third-order valence-corrected chi connectivity index (χ3v) is 1.83. The summed E-state index contributed by atoms with van der Waals surface area (Å²) in [6.45, 7) is 4.25. The molecule has 1 aromatic heterocycles. The lowest BCUT2D eigenvalue weighted by molar-refractivity contribution is 0.705. The molecule has 0 spiro atoms. The van der Waals surface area contributed by atoms with Crippen molar-refractivity contribution in [3.05, 3.63) is 18.1 Å². The van der Waals surface area contributed by atoms with Crippen LogP contribution in [0.1, 0.15) is 31.9 Å². The van der Waals surface area contributed by atoms with Gasteiger partial charge in [-0.3, -0.25) is 0 Å². The van der Waals surface area contributed by atoms with E-state index < -0.39 is 0 Å². The van der Waals surface area contributed by atoms with Gasteiger partial charge in [-0.05, 0) is 12.3 Å². The highest BCUT2D eigenvalue weighted by molar-refractivity contribution is 5.29. The molecule has 2 N–H and O–H groups in total. The molecule has 3 nitrogen and oxygen atoms in total. The van der Waals surface area contributed by atoms with Gasteiger partial charge in [0.25, 0.3) is 0 Å². The normalized spacial score (nSPS) is 12.9. The van der Waals surface area contributed by atoms with Gasteiger partial charge in [-0.25, -0.2) is 9.97 Å². The topological polar surface area (TPSA) is 51.8 Å². The fourth-order valence-corrected chi connectivity index (χ4v) is 0.867. The van der Waals surface area contributed by atoms with Gasteiger partial charge in [0.15, 0.2) is 0 Å². The molecule has 0 aliphatic heterocycles. The van der Waals surface area contributed by atoms with Crippen molar-refractivity contribution >= 4 is 5.82 Å². The molecule has 0 radical (unpaired) electrons. The molecule has 0 saturated carbocycles. The highest BCUT2D eigenvalue weighted by atomic mass is 14.9. The van der Waals surface area contributed by atoms with Crippen LogP contribution in [0.4, 0.5) is 5.82 Å². The van der Waals surface area contributed by atoms with Crippen LogP contribution in [0.3, 0.4) is 0 Å². The van der Waals surface area contributed by atoms with Crippen molar-refractivity contribution in [2.75, 3.05) is 5.73 Å². The zero-order valence-electron chi connectivity index (χ0n) is 6.91. The van der Waals surface area contributed by atoms with Crippen LogP contribution in [0.2, 0.25) is 0 Å². The van der Waals surface area contributed by atoms with Crippen molar-refractivity contribution in [1.29, 1.82) is 0 Å². The number of nitrogens with two attached hydrogens (primary N) is 1. The third-order valence-electron chi connectivity index (χ3n) is 1.83. The van der Waals surface area contributed by atoms with Gasteiger partial charge in [-0.15, -0.1) is 0 Å². The molecular formula is C8H13N3. The van der Waals surface area contributed by atoms with E-state index in [1.165, 1.54) is 6.33 Å². The molecule has 3 heteroatoms. The van der Waals surface area contributed by atoms with Crippen molar-refractivity contribution in [2.24, 2.45) is 0 Å². The number of anilines is 1. The van der Waals surface area contributed by atoms with Gasteiger partial charge >= 0.3 is 0 Å². The van der Waals surface area contributed by atoms with Gasteiger partial charge in [0, 0.05) is 11.8 Å². The van der Waals surface area contributed by atoms with Crippen molar-refractivity contribution in [3.8, 4) is 0 Å². The number of hydrogen-bond acceptors (Lipinski definition) is 3. The largest absolute Gasteiger partial charge is 0.384 e. The van der Waals surface area contributed by atoms with E-state index in [0.717, 1.165) is 12.1 Å². The molecule has 0 aliphatic rings. The Balaban J connectivity index is 2.86. The van der Waals surface area contributed by atoms with E-state index in [2.05, 4.69) is 23.8 Å². The van der Waals surface area contributed by atoms with Crippen molar-refractivity contribution in [2.45, 2.75) is 26.2 Å². The van der Waals surface area contributed by atoms with Gasteiger partial charge in [0.2, 0.25) is 0 Å². The zero-order valence-corrected chi connectivity index (χ0v) is 6.91. The summed E-state index contributed by atoms with van der Waals surface area (Å²) in [5, 5.41) is 0. The van der Waals surface area contributed by atoms with Crippen molar-refractivity contribution in [1.82, 2.24) is 9.97 Å². The second kappa shape index (κ2) is 3.32. The average Bonchev–Trinajstić information content (AvgIpc) is 2.03. The van der Waals surface area contributed by atoms with E-state index >= 15 is 0 Å². The molecule has 0 aromatic carbocycles. The molecular weight excluding hydrogens is 138 g/mol. The first-order chi connectivity index (χ1) is 5.24. The van der Waals surface area contributed by atoms with Gasteiger partial charge in [-0.1, -0.05) is 13.8 Å². The molecule has 60 valence electrons. The Kier molecular flexibility index (Phi) is 2.41. The van der Waals surface area contributed by atoms with E-state index in [0.29, 0.717) is 11.7 Å². The minimum absolute atomic E-state index is 0.472. The Morgan fingerprint density at radius 2 is 2.27 bits per heavy atom. The smallest absolute Gasteiger partial charge is 0.127 e. The maximum absolute atomic E-state index is 5.50. The molecule has 1 rings (SSSR count). The van der Waals surface area contributed by atoms with E-state index in [1.807, 2.05) is 6.07 Å². The lowest BCUT2D eigenvalue weighted by atomic mass is 10.1. The lowest BCUT2D eigenvalue weighted by Crippen LogP contribution is -1.98. The van der Waals surface area contributed by atoms with Crippen LogP contribution < -0.4 is 5.73 Å². The van der Waals surface area contributed by atoms with Gasteiger partial charge < -0.3 is 5.73 Å². The summed E-state index contributed by atoms with van der Waals surface area (Å²) < 4.78 is 0. The van der Waals surface area contributed by atoms with Crippen LogP contribution in [0.5, 0.6) is 0 Å². The first-order valence-electron chi connectivity index (χ1n) is 3.81. The molecule has 0 bridgehead atoms. The van der Waals surface area contributed by atoms with Gasteiger partial charge in [0.1, 0.15) is 12.1 Å². The maximum atomic E-state index is 5.50. The predicted octanol–water partition coefficient (Wildman–Crippen LogP) is 1.57. The molecule has 0 saturated heterocycles. The second-order valence-electron chi connectivity index (χ2n) is 2.68. The Labute approximate surface area is 66.7 Å². The van der Waals surface area contributed by atoms with Crippen molar-refractivity contribution < 1.29 is 0 Å². The fourth-order valence-electron chi connectivity index (χ4n) is 0.867. The number of aromatic nitrogens is 2. The Hall–Kier alpha value is -1.12. The molecule has 1 heterocycles. The van der Waals surface area contributed by atoms with Gasteiger partial charge in [-0.2, -0.15) is 0 Å². The predicted molar refractivity (Wildman–Crippen MR) is 45.2 cm³/mol. The number of nitrogens with zero attached hydrogens (tertiary/aromatic N) is 2. The minimum Gasteiger partial charge on any atom is -0.384 e. The van der Waals surface area contributed by atoms with Crippen LogP contribution in [0, 0.1) is 0 Å². The van der Waals surface area contributed by atoms with Crippen LogP contribution >= 0.6 is 0 Å². The summed E-state index contributed by atoms with van der Waals surface area (Å²) in [6, 6.07) is 1.83. The van der Waals surface area contributed by atoms with E-state index in [4.69, 9.17) is 5.73 Å². The lowest BCUT2D eigenvalue weighted by Gasteiger charge is -2.06. The monoisotopic (exact) mass is 151 g/mol. The van der Waals surface area contributed by atoms with Crippen LogP contribution in [0.15, 0.2) is 12.4 Å². The quantitative estimate of drug-likeness (QED) is 0.698. The number of hydrogen-bond donors (Lipinski definition) is 1. The summed E-state index contributed by atoms with van der Waals surface area (Å²) in [5.41, 5.74) is 6.53. The first kappa shape index (κ1) is 7.98. The maximum Gasteiger partial charge on any atom is 0.127 e. The molecule has 0 amide bonds. The number of nitrogen functional groups attached to an aromatic ring is 1. The Morgan fingerprint density at radius 3 is 2.82 bits per heavy atom. The SMILES string of the molecule is CCC(C)c1cc(N)ncn1. The molecule has 1 unspecified atom stereocenters. The standard InChI is InChI=1S/C8H13N3/c1-3-6(2)7-4-8(9)11-5-10-7/h4-6H,3H2,1-2H3,(H2,9,10,11). The summed E-state index contributed by atoms with van der Waals surface area (Å²) in [7, 11) is 0. The molecule has 1 atom stereocenters. The average molecular weight is 151 g/mol. The molecule has 11 heavy (non-hydrogen) atoms. The molecule has 1 aromatic rings. The van der Waals surface area contributed by atoms with E-state index in [1.54, 1.807) is 0 Å². The minimum atomic E-state index is 0.472. The first-order valence-corrected chi connectivity index (χ1v) is 3.81. The van der Waals surface area contributed by atoms with Crippen LogP contribution in [0.25, 0.3) is 0 Å². The van der Waals surface area contributed by atoms with Crippen molar-refractivity contribution in [3.63, 3.8) is 0 Å². The fraction of sp³-hybridized carbons (Fsp3) is 0.500. The summed E-state index contributed by atoms with van der Waals surface area (Å²) >= 11 is 0. The van der Waals surface area contributed by atoms with Crippen LogP contribution in [-0.2, 0) is 0 Å². The van der Waals surface area contributed by atoms with Gasteiger partial charge in [0.05, 0.1) is 0 Å². The van der Waals surface area contributed by atoms with E-state index in [9.17, 15) is 0 Å². The molecule has 0 fully saturated rings. The zero-order chi connectivity index (χ0) is 8.27. The van der Waals surface area contributed by atoms with Crippen LogP contribution in [-0.4, -0.2) is 9.97 Å². The molecule has 0 aliphatic carbocycles.